The molecule has 1 fully saturated rings. The topological polar surface area (TPSA) is 103 Å². The average molecular weight is 236 g/mol. The fourth-order valence-corrected chi connectivity index (χ4v) is 2.28. The van der Waals surface area contributed by atoms with Crippen molar-refractivity contribution in [3.8, 4) is 0 Å². The first kappa shape index (κ1) is 11.6. The number of ether oxygens (including phenoxy) is 1. The summed E-state index contributed by atoms with van der Waals surface area (Å²) in [6.45, 7) is 1.72. The lowest BCUT2D eigenvalue weighted by Crippen LogP contribution is -2.22. The van der Waals surface area contributed by atoms with Crippen molar-refractivity contribution in [2.75, 3.05) is 0 Å². The Morgan fingerprint density at radius 2 is 2.12 bits per heavy atom. The first-order chi connectivity index (χ1) is 8.09. The summed E-state index contributed by atoms with van der Waals surface area (Å²) in [5, 5.41) is 7.40. The monoisotopic (exact) mass is 236 g/mol. The van der Waals surface area contributed by atoms with Gasteiger partial charge in [0.05, 0.1) is 11.3 Å². The van der Waals surface area contributed by atoms with E-state index in [0.717, 1.165) is 31.3 Å². The second kappa shape index (κ2) is 4.57. The highest BCUT2D eigenvalue weighted by Crippen LogP contribution is 2.35. The van der Waals surface area contributed by atoms with Gasteiger partial charge in [0.2, 0.25) is 5.96 Å². The molecule has 2 rings (SSSR count). The Labute approximate surface area is 99.4 Å². The highest BCUT2D eigenvalue weighted by molar-refractivity contribution is 6.20. The quantitative estimate of drug-likeness (QED) is 0.314. The zero-order valence-electron chi connectivity index (χ0n) is 9.77. The minimum Gasteiger partial charge on any atom is -0.454 e. The molecule has 1 aliphatic heterocycles. The number of rotatable bonds is 2. The fourth-order valence-electron chi connectivity index (χ4n) is 2.28. The van der Waals surface area contributed by atoms with Gasteiger partial charge in [-0.25, -0.2) is 4.79 Å². The van der Waals surface area contributed by atoms with E-state index in [4.69, 9.17) is 16.2 Å². The molecular formula is C11H16N4O2. The van der Waals surface area contributed by atoms with Crippen LogP contribution in [-0.2, 0) is 9.53 Å². The van der Waals surface area contributed by atoms with Crippen LogP contribution >= 0.6 is 0 Å². The normalized spacial score (nSPS) is 24.4. The fraction of sp³-hybridized carbons (Fsp3) is 0.545. The van der Waals surface area contributed by atoms with Gasteiger partial charge in [0.25, 0.3) is 0 Å². The van der Waals surface area contributed by atoms with Gasteiger partial charge in [0.15, 0.2) is 0 Å². The molecule has 2 aliphatic rings. The van der Waals surface area contributed by atoms with E-state index in [1.54, 1.807) is 6.92 Å². The Morgan fingerprint density at radius 1 is 1.35 bits per heavy atom. The van der Waals surface area contributed by atoms with Gasteiger partial charge in [0, 0.05) is 0 Å². The van der Waals surface area contributed by atoms with Gasteiger partial charge in [0.1, 0.15) is 6.10 Å². The molecule has 0 bridgehead atoms. The molecule has 1 unspecified atom stereocenters. The van der Waals surface area contributed by atoms with Gasteiger partial charge in [-0.3, -0.25) is 0 Å². The third-order valence-corrected chi connectivity index (χ3v) is 3.00. The Kier molecular flexibility index (Phi) is 3.12. The van der Waals surface area contributed by atoms with Crippen molar-refractivity contribution in [1.29, 1.82) is 0 Å². The molecule has 0 spiro atoms. The van der Waals surface area contributed by atoms with E-state index in [9.17, 15) is 4.79 Å². The number of hydrogen-bond donors (Lipinski definition) is 2. The summed E-state index contributed by atoms with van der Waals surface area (Å²) in [6, 6.07) is 0. The Morgan fingerprint density at radius 3 is 2.82 bits per heavy atom. The molecule has 4 N–H and O–H groups in total. The van der Waals surface area contributed by atoms with Crippen LogP contribution in [0.1, 0.15) is 32.6 Å². The Hall–Kier alpha value is -1.85. The van der Waals surface area contributed by atoms with Crippen LogP contribution in [0.5, 0.6) is 0 Å². The second-order valence-electron chi connectivity index (χ2n) is 4.25. The molecule has 6 nitrogen and oxygen atoms in total. The standard InChI is InChI=1S/C11H16N4O2/c1-6(14-15-11(12)13)9-7-4-2-3-5-8(7)17-10(9)16/h8H,2-5H2,1H3,(H4,12,13,15)/b14-6-. The zero-order valence-corrected chi connectivity index (χ0v) is 9.77. The van der Waals surface area contributed by atoms with Gasteiger partial charge in [-0.2, -0.15) is 5.10 Å². The molecule has 17 heavy (non-hydrogen) atoms. The molecule has 6 heteroatoms. The lowest BCUT2D eigenvalue weighted by molar-refractivity contribution is -0.139. The summed E-state index contributed by atoms with van der Waals surface area (Å²) in [4.78, 5) is 11.8. The predicted molar refractivity (Wildman–Crippen MR) is 64.3 cm³/mol. The minimum atomic E-state index is -0.307. The number of carbonyl (C=O) groups excluding carboxylic acids is 1. The van der Waals surface area contributed by atoms with Gasteiger partial charge < -0.3 is 16.2 Å². The zero-order chi connectivity index (χ0) is 12.4. The van der Waals surface area contributed by atoms with Gasteiger partial charge >= 0.3 is 5.97 Å². The van der Waals surface area contributed by atoms with E-state index in [0.29, 0.717) is 11.3 Å². The summed E-state index contributed by atoms with van der Waals surface area (Å²) >= 11 is 0. The van der Waals surface area contributed by atoms with E-state index < -0.39 is 0 Å². The van der Waals surface area contributed by atoms with Crippen LogP contribution in [-0.4, -0.2) is 23.7 Å². The Bertz CT molecular complexity index is 433. The number of fused-ring (bicyclic) bond motifs is 1. The molecular weight excluding hydrogens is 220 g/mol. The van der Waals surface area contributed by atoms with E-state index in [2.05, 4.69) is 10.2 Å². The molecule has 0 aromatic carbocycles. The summed E-state index contributed by atoms with van der Waals surface area (Å²) in [7, 11) is 0. The third-order valence-electron chi connectivity index (χ3n) is 3.00. The van der Waals surface area contributed by atoms with Gasteiger partial charge in [-0.1, -0.05) is 0 Å². The lowest BCUT2D eigenvalue weighted by Gasteiger charge is -2.18. The molecule has 1 saturated carbocycles. The van der Waals surface area contributed by atoms with Crippen LogP contribution in [0.3, 0.4) is 0 Å². The van der Waals surface area contributed by atoms with E-state index in [1.807, 2.05) is 0 Å². The van der Waals surface area contributed by atoms with Crippen LogP contribution in [0.25, 0.3) is 0 Å². The largest absolute Gasteiger partial charge is 0.454 e. The maximum absolute atomic E-state index is 11.8. The van der Waals surface area contributed by atoms with E-state index in [1.165, 1.54) is 0 Å². The maximum atomic E-state index is 11.8. The summed E-state index contributed by atoms with van der Waals surface area (Å²) < 4.78 is 5.30. The smallest absolute Gasteiger partial charge is 0.340 e. The molecule has 0 radical (unpaired) electrons. The minimum absolute atomic E-state index is 0.0596. The highest BCUT2D eigenvalue weighted by atomic mass is 16.5. The van der Waals surface area contributed by atoms with Crippen LogP contribution in [0.2, 0.25) is 0 Å². The molecule has 1 heterocycles. The Balaban J connectivity index is 2.32. The number of carbonyl (C=O) groups is 1. The van der Waals surface area contributed by atoms with E-state index in [-0.39, 0.29) is 18.0 Å². The average Bonchev–Trinajstić information content (AvgIpc) is 2.61. The summed E-state index contributed by atoms with van der Waals surface area (Å²) in [5.41, 5.74) is 12.5. The van der Waals surface area contributed by atoms with Crippen molar-refractivity contribution in [2.45, 2.75) is 38.7 Å². The van der Waals surface area contributed by atoms with Gasteiger partial charge in [-0.15, -0.1) is 5.10 Å². The SMILES string of the molecule is C/C(=N/N=C(N)N)C1=C2CCCCC2OC1=O. The predicted octanol–water partition coefficient (Wildman–Crippen LogP) is 0.432. The molecule has 0 saturated heterocycles. The van der Waals surface area contributed by atoms with Crippen LogP contribution in [0.4, 0.5) is 0 Å². The van der Waals surface area contributed by atoms with Crippen molar-refractivity contribution in [3.63, 3.8) is 0 Å². The van der Waals surface area contributed by atoms with Crippen molar-refractivity contribution in [2.24, 2.45) is 21.7 Å². The number of esters is 1. The highest BCUT2D eigenvalue weighted by Gasteiger charge is 2.36. The van der Waals surface area contributed by atoms with Crippen molar-refractivity contribution >= 4 is 17.6 Å². The van der Waals surface area contributed by atoms with E-state index >= 15 is 0 Å². The summed E-state index contributed by atoms with van der Waals surface area (Å²) in [6.07, 6.45) is 3.91. The number of hydrogen-bond acceptors (Lipinski definition) is 4. The molecule has 92 valence electrons. The maximum Gasteiger partial charge on any atom is 0.340 e. The third kappa shape index (κ3) is 2.30. The molecule has 0 aromatic rings. The molecule has 0 aromatic heterocycles. The first-order valence-electron chi connectivity index (χ1n) is 5.67. The number of nitrogens with two attached hydrogens (primary N) is 2. The van der Waals surface area contributed by atoms with Crippen LogP contribution in [0.15, 0.2) is 21.3 Å². The second-order valence-corrected chi connectivity index (χ2v) is 4.25. The van der Waals surface area contributed by atoms with Crippen molar-refractivity contribution < 1.29 is 9.53 Å². The molecule has 0 amide bonds. The summed E-state index contributed by atoms with van der Waals surface area (Å²) in [5.74, 6) is -0.430. The van der Waals surface area contributed by atoms with Crippen LogP contribution < -0.4 is 11.5 Å². The molecule has 1 atom stereocenters. The number of nitrogens with zero attached hydrogens (tertiary/aromatic N) is 2. The first-order valence-corrected chi connectivity index (χ1v) is 5.67. The van der Waals surface area contributed by atoms with Gasteiger partial charge in [-0.05, 0) is 38.2 Å². The number of guanidine groups is 1. The van der Waals surface area contributed by atoms with Crippen molar-refractivity contribution in [3.05, 3.63) is 11.1 Å². The molecule has 1 aliphatic carbocycles. The van der Waals surface area contributed by atoms with Crippen LogP contribution in [0, 0.1) is 0 Å². The van der Waals surface area contributed by atoms with Crippen molar-refractivity contribution in [1.82, 2.24) is 0 Å². The lowest BCUT2D eigenvalue weighted by atomic mass is 9.89.